The Labute approximate surface area is 109 Å². The van der Waals surface area contributed by atoms with E-state index >= 15 is 0 Å². The summed E-state index contributed by atoms with van der Waals surface area (Å²) < 4.78 is 25.7. The van der Waals surface area contributed by atoms with Crippen LogP contribution in [0.3, 0.4) is 0 Å². The summed E-state index contributed by atoms with van der Waals surface area (Å²) in [6.07, 6.45) is 2.25. The molecule has 0 N–H and O–H groups in total. The summed E-state index contributed by atoms with van der Waals surface area (Å²) in [5.74, 6) is 0.214. The van der Waals surface area contributed by atoms with Crippen molar-refractivity contribution in [3.8, 4) is 0 Å². The molecule has 0 unspecified atom stereocenters. The Hall–Kier alpha value is -1.07. The second kappa shape index (κ2) is 5.71. The number of hydrogen-bond donors (Lipinski definition) is 0. The van der Waals surface area contributed by atoms with E-state index in [-0.39, 0.29) is 5.75 Å². The van der Waals surface area contributed by atoms with Gasteiger partial charge in [0.2, 0.25) is 10.0 Å². The highest BCUT2D eigenvalue weighted by Crippen LogP contribution is 2.21. The highest BCUT2D eigenvalue weighted by Gasteiger charge is 2.29. The van der Waals surface area contributed by atoms with Crippen LogP contribution in [0.4, 0.5) is 5.69 Å². The molecule has 1 heterocycles. The zero-order valence-corrected chi connectivity index (χ0v) is 11.6. The largest absolute Gasteiger partial charge is 0.284 e. The maximum atomic E-state index is 12.1. The van der Waals surface area contributed by atoms with Gasteiger partial charge in [-0.05, 0) is 25.1 Å². The Kier molecular flexibility index (Phi) is 4.24. The van der Waals surface area contributed by atoms with E-state index < -0.39 is 10.0 Å². The van der Waals surface area contributed by atoms with E-state index in [2.05, 4.69) is 11.8 Å². The molecule has 2 rings (SSSR count). The van der Waals surface area contributed by atoms with E-state index in [9.17, 15) is 8.42 Å². The average Bonchev–Trinajstić information content (AvgIpc) is 2.38. The molecule has 0 radical (unpaired) electrons. The molecule has 1 aliphatic heterocycles. The Balaban J connectivity index is 2.15. The fourth-order valence-corrected chi connectivity index (χ4v) is 3.59. The third-order valence-corrected chi connectivity index (χ3v) is 4.90. The van der Waals surface area contributed by atoms with E-state index in [1.54, 1.807) is 0 Å². The van der Waals surface area contributed by atoms with Crippen LogP contribution in [-0.2, 0) is 10.0 Å². The monoisotopic (exact) mass is 268 g/mol. The molecule has 4 nitrogen and oxygen atoms in total. The fraction of sp³-hybridized carbons (Fsp3) is 0.538. The third-order valence-electron chi connectivity index (χ3n) is 3.20. The maximum Gasteiger partial charge on any atom is 0.237 e. The molecule has 1 fully saturated rings. The van der Waals surface area contributed by atoms with Crippen molar-refractivity contribution >= 4 is 15.7 Å². The minimum atomic E-state index is -3.14. The average molecular weight is 268 g/mol. The summed E-state index contributed by atoms with van der Waals surface area (Å²) in [7, 11) is -3.14. The summed E-state index contributed by atoms with van der Waals surface area (Å²) in [5.41, 5.74) is 0.763. The smallest absolute Gasteiger partial charge is 0.237 e. The number of rotatable bonds is 4. The van der Waals surface area contributed by atoms with Crippen molar-refractivity contribution in [1.29, 1.82) is 0 Å². The Morgan fingerprint density at radius 1 is 1.22 bits per heavy atom. The molecular weight excluding hydrogens is 248 g/mol. The highest BCUT2D eigenvalue weighted by molar-refractivity contribution is 7.92. The Bertz CT molecular complexity index is 473. The van der Waals surface area contributed by atoms with Crippen LogP contribution in [0.1, 0.15) is 19.8 Å². The van der Waals surface area contributed by atoms with Gasteiger partial charge in [-0.3, -0.25) is 9.21 Å². The summed E-state index contributed by atoms with van der Waals surface area (Å²) in [6.45, 7) is 4.24. The van der Waals surface area contributed by atoms with E-state index in [1.165, 1.54) is 4.31 Å². The Morgan fingerprint density at radius 3 is 2.61 bits per heavy atom. The predicted molar refractivity (Wildman–Crippen MR) is 74.1 cm³/mol. The molecule has 0 spiro atoms. The molecule has 1 aliphatic rings. The van der Waals surface area contributed by atoms with Gasteiger partial charge in [-0.1, -0.05) is 31.5 Å². The standard InChI is InChI=1S/C13H20N2O2S/c1-2-3-9-14-10-11-18(16,17)15(12-14)13-7-5-4-6-8-13/h4-8H,2-3,9-12H2,1H3. The topological polar surface area (TPSA) is 40.6 Å². The van der Waals surface area contributed by atoms with Crippen molar-refractivity contribution in [3.05, 3.63) is 30.3 Å². The second-order valence-electron chi connectivity index (χ2n) is 4.61. The first-order chi connectivity index (χ1) is 8.63. The lowest BCUT2D eigenvalue weighted by atomic mass is 10.3. The van der Waals surface area contributed by atoms with Crippen molar-refractivity contribution in [3.63, 3.8) is 0 Å². The van der Waals surface area contributed by atoms with Crippen molar-refractivity contribution < 1.29 is 8.42 Å². The molecular formula is C13H20N2O2S. The summed E-state index contributed by atoms with van der Waals surface area (Å²) in [5, 5.41) is 0. The van der Waals surface area contributed by atoms with Crippen LogP contribution in [0.5, 0.6) is 0 Å². The summed E-state index contributed by atoms with van der Waals surface area (Å²) >= 11 is 0. The van der Waals surface area contributed by atoms with Crippen LogP contribution in [0.2, 0.25) is 0 Å². The number of para-hydroxylation sites is 1. The number of unbranched alkanes of at least 4 members (excludes halogenated alkanes) is 1. The normalized spacial score (nSPS) is 19.9. The SMILES string of the molecule is CCCCN1CCS(=O)(=O)N(c2ccccc2)C1. The van der Waals surface area contributed by atoms with Crippen molar-refractivity contribution in [1.82, 2.24) is 4.90 Å². The van der Waals surface area contributed by atoms with Crippen LogP contribution >= 0.6 is 0 Å². The predicted octanol–water partition coefficient (Wildman–Crippen LogP) is 1.90. The van der Waals surface area contributed by atoms with Gasteiger partial charge in [-0.25, -0.2) is 8.42 Å². The van der Waals surface area contributed by atoms with E-state index in [0.717, 1.165) is 25.1 Å². The highest BCUT2D eigenvalue weighted by atomic mass is 32.2. The maximum absolute atomic E-state index is 12.1. The number of nitrogens with zero attached hydrogens (tertiary/aromatic N) is 2. The Morgan fingerprint density at radius 2 is 1.94 bits per heavy atom. The van der Waals surface area contributed by atoms with Crippen LogP contribution in [0.25, 0.3) is 0 Å². The first-order valence-electron chi connectivity index (χ1n) is 6.41. The van der Waals surface area contributed by atoms with E-state index in [0.29, 0.717) is 13.2 Å². The first-order valence-corrected chi connectivity index (χ1v) is 8.02. The third kappa shape index (κ3) is 3.03. The zero-order valence-electron chi connectivity index (χ0n) is 10.7. The van der Waals surface area contributed by atoms with Crippen molar-refractivity contribution in [2.75, 3.05) is 29.8 Å². The van der Waals surface area contributed by atoms with Gasteiger partial charge in [0, 0.05) is 6.54 Å². The number of hydrogen-bond acceptors (Lipinski definition) is 3. The number of benzene rings is 1. The van der Waals surface area contributed by atoms with Crippen molar-refractivity contribution in [2.45, 2.75) is 19.8 Å². The number of anilines is 1. The van der Waals surface area contributed by atoms with Crippen molar-refractivity contribution in [2.24, 2.45) is 0 Å². The molecule has 18 heavy (non-hydrogen) atoms. The molecule has 0 aromatic heterocycles. The van der Waals surface area contributed by atoms with Gasteiger partial charge in [0.15, 0.2) is 0 Å². The van der Waals surface area contributed by atoms with Gasteiger partial charge in [0.25, 0.3) is 0 Å². The van der Waals surface area contributed by atoms with Crippen LogP contribution in [0, 0.1) is 0 Å². The van der Waals surface area contributed by atoms with E-state index in [4.69, 9.17) is 0 Å². The number of sulfonamides is 1. The molecule has 0 amide bonds. The fourth-order valence-electron chi connectivity index (χ4n) is 2.10. The van der Waals surface area contributed by atoms with Gasteiger partial charge in [-0.2, -0.15) is 0 Å². The lowest BCUT2D eigenvalue weighted by Gasteiger charge is -2.36. The molecule has 0 atom stereocenters. The molecule has 0 saturated carbocycles. The minimum Gasteiger partial charge on any atom is -0.284 e. The van der Waals surface area contributed by atoms with Gasteiger partial charge < -0.3 is 0 Å². The first kappa shape index (κ1) is 13.4. The van der Waals surface area contributed by atoms with E-state index in [1.807, 2.05) is 30.3 Å². The molecule has 100 valence electrons. The quantitative estimate of drug-likeness (QED) is 0.837. The minimum absolute atomic E-state index is 0.214. The second-order valence-corrected chi connectivity index (χ2v) is 6.63. The molecule has 0 bridgehead atoms. The van der Waals surface area contributed by atoms with Gasteiger partial charge in [0.05, 0.1) is 18.1 Å². The zero-order chi connectivity index (χ0) is 13.0. The molecule has 1 saturated heterocycles. The van der Waals surface area contributed by atoms with Gasteiger partial charge in [-0.15, -0.1) is 0 Å². The van der Waals surface area contributed by atoms with Crippen LogP contribution in [0.15, 0.2) is 30.3 Å². The van der Waals surface area contributed by atoms with Gasteiger partial charge in [0.1, 0.15) is 0 Å². The molecule has 1 aromatic rings. The molecule has 1 aromatic carbocycles. The molecule has 5 heteroatoms. The summed E-state index contributed by atoms with van der Waals surface area (Å²) in [4.78, 5) is 2.21. The molecule has 0 aliphatic carbocycles. The lowest BCUT2D eigenvalue weighted by molar-refractivity contribution is 0.283. The van der Waals surface area contributed by atoms with Gasteiger partial charge >= 0.3 is 0 Å². The van der Waals surface area contributed by atoms with Crippen LogP contribution < -0.4 is 4.31 Å². The lowest BCUT2D eigenvalue weighted by Crippen LogP contribution is -2.50. The van der Waals surface area contributed by atoms with Crippen LogP contribution in [-0.4, -0.2) is 38.8 Å². The summed E-state index contributed by atoms with van der Waals surface area (Å²) in [6, 6.07) is 9.34.